The molecule has 0 bridgehead atoms. The third kappa shape index (κ3) is 1.48. The van der Waals surface area contributed by atoms with Gasteiger partial charge in [-0.05, 0) is 30.2 Å². The first-order valence-corrected chi connectivity index (χ1v) is 4.42. The summed E-state index contributed by atoms with van der Waals surface area (Å²) in [6.07, 6.45) is 1.99. The molecule has 3 heteroatoms. The summed E-state index contributed by atoms with van der Waals surface area (Å²) in [5.41, 5.74) is 7.96. The van der Waals surface area contributed by atoms with Crippen molar-refractivity contribution in [2.24, 2.45) is 5.73 Å². The number of carbonyl (C=O) groups excluding carboxylic acids is 1. The van der Waals surface area contributed by atoms with Gasteiger partial charge >= 0.3 is 0 Å². The van der Waals surface area contributed by atoms with Gasteiger partial charge in [0.15, 0.2) is 0 Å². The van der Waals surface area contributed by atoms with Crippen LogP contribution in [0.5, 0.6) is 0 Å². The van der Waals surface area contributed by atoms with E-state index < -0.39 is 0 Å². The Kier molecular flexibility index (Phi) is 2.00. The standard InChI is InChI=1S/C11H11NO2/c1-7-6-14-10-3-2-8(4-9(7)10)5-11(12)13/h2-4,6H,5H2,1H3,(H2,12,13). The quantitative estimate of drug-likeness (QED) is 0.782. The van der Waals surface area contributed by atoms with Crippen LogP contribution in [0.15, 0.2) is 28.9 Å². The van der Waals surface area contributed by atoms with Crippen LogP contribution in [0.2, 0.25) is 0 Å². The van der Waals surface area contributed by atoms with Crippen LogP contribution in [0, 0.1) is 6.92 Å². The molecule has 0 spiro atoms. The Labute approximate surface area is 81.5 Å². The highest BCUT2D eigenvalue weighted by atomic mass is 16.3. The van der Waals surface area contributed by atoms with Gasteiger partial charge in [0.05, 0.1) is 12.7 Å². The van der Waals surface area contributed by atoms with E-state index in [0.717, 1.165) is 22.1 Å². The van der Waals surface area contributed by atoms with Crippen LogP contribution >= 0.6 is 0 Å². The van der Waals surface area contributed by atoms with Crippen LogP contribution in [0.3, 0.4) is 0 Å². The Hall–Kier alpha value is -1.77. The number of aryl methyl sites for hydroxylation is 1. The van der Waals surface area contributed by atoms with Crippen molar-refractivity contribution in [2.45, 2.75) is 13.3 Å². The van der Waals surface area contributed by atoms with Crippen LogP contribution in [0.4, 0.5) is 0 Å². The molecular formula is C11H11NO2. The number of hydrogen-bond acceptors (Lipinski definition) is 2. The van der Waals surface area contributed by atoms with E-state index in [9.17, 15) is 4.79 Å². The van der Waals surface area contributed by atoms with Gasteiger partial charge in [0.25, 0.3) is 0 Å². The lowest BCUT2D eigenvalue weighted by Crippen LogP contribution is -2.13. The normalized spacial score (nSPS) is 10.6. The molecule has 3 nitrogen and oxygen atoms in total. The molecule has 0 saturated carbocycles. The third-order valence-electron chi connectivity index (χ3n) is 2.21. The largest absolute Gasteiger partial charge is 0.464 e. The van der Waals surface area contributed by atoms with Gasteiger partial charge in [-0.3, -0.25) is 4.79 Å². The molecule has 0 saturated heterocycles. The number of primary amides is 1. The van der Waals surface area contributed by atoms with E-state index in [0.29, 0.717) is 0 Å². The van der Waals surface area contributed by atoms with Gasteiger partial charge in [-0.1, -0.05) is 6.07 Å². The van der Waals surface area contributed by atoms with Crippen LogP contribution < -0.4 is 5.73 Å². The molecule has 1 aromatic heterocycles. The molecule has 0 aliphatic carbocycles. The minimum Gasteiger partial charge on any atom is -0.464 e. The maximum Gasteiger partial charge on any atom is 0.221 e. The number of furan rings is 1. The fourth-order valence-corrected chi connectivity index (χ4v) is 1.51. The Bertz CT molecular complexity index is 485. The monoisotopic (exact) mass is 189 g/mol. The number of nitrogens with two attached hydrogens (primary N) is 1. The van der Waals surface area contributed by atoms with Gasteiger partial charge in [0, 0.05) is 5.39 Å². The Morgan fingerprint density at radius 1 is 1.50 bits per heavy atom. The summed E-state index contributed by atoms with van der Waals surface area (Å²) < 4.78 is 5.29. The maximum absolute atomic E-state index is 10.7. The predicted octanol–water partition coefficient (Wildman–Crippen LogP) is 1.77. The molecule has 0 atom stereocenters. The Morgan fingerprint density at radius 2 is 2.29 bits per heavy atom. The lowest BCUT2D eigenvalue weighted by Gasteiger charge is -1.97. The number of hydrogen-bond donors (Lipinski definition) is 1. The highest BCUT2D eigenvalue weighted by Crippen LogP contribution is 2.21. The first-order chi connectivity index (χ1) is 6.66. The van der Waals surface area contributed by atoms with E-state index in [1.807, 2.05) is 25.1 Å². The van der Waals surface area contributed by atoms with Crippen molar-refractivity contribution in [3.8, 4) is 0 Å². The fourth-order valence-electron chi connectivity index (χ4n) is 1.51. The molecule has 0 aliphatic heterocycles. The van der Waals surface area contributed by atoms with E-state index in [2.05, 4.69) is 0 Å². The zero-order valence-electron chi connectivity index (χ0n) is 7.91. The van der Waals surface area contributed by atoms with E-state index in [1.165, 1.54) is 0 Å². The van der Waals surface area contributed by atoms with Crippen molar-refractivity contribution < 1.29 is 9.21 Å². The molecule has 1 amide bonds. The van der Waals surface area contributed by atoms with E-state index in [1.54, 1.807) is 6.26 Å². The van der Waals surface area contributed by atoms with Crippen LogP contribution in [-0.2, 0) is 11.2 Å². The average molecular weight is 189 g/mol. The van der Waals surface area contributed by atoms with Crippen LogP contribution in [0.1, 0.15) is 11.1 Å². The van der Waals surface area contributed by atoms with Crippen LogP contribution in [-0.4, -0.2) is 5.91 Å². The highest BCUT2D eigenvalue weighted by molar-refractivity contribution is 5.83. The first kappa shape index (κ1) is 8.81. The Balaban J connectivity index is 2.49. The molecule has 0 unspecified atom stereocenters. The number of amides is 1. The minimum absolute atomic E-state index is 0.278. The summed E-state index contributed by atoms with van der Waals surface area (Å²) in [5.74, 6) is -0.314. The summed E-state index contributed by atoms with van der Waals surface area (Å²) in [6, 6.07) is 5.66. The first-order valence-electron chi connectivity index (χ1n) is 4.42. The second kappa shape index (κ2) is 3.18. The molecule has 2 N–H and O–H groups in total. The minimum atomic E-state index is -0.314. The molecule has 1 heterocycles. The maximum atomic E-state index is 10.7. The van der Waals surface area contributed by atoms with E-state index >= 15 is 0 Å². The lowest BCUT2D eigenvalue weighted by molar-refractivity contribution is -0.117. The van der Waals surface area contributed by atoms with E-state index in [-0.39, 0.29) is 12.3 Å². The molecule has 72 valence electrons. The summed E-state index contributed by atoms with van der Waals surface area (Å²) in [5, 5.41) is 1.05. The van der Waals surface area contributed by atoms with E-state index in [4.69, 9.17) is 10.2 Å². The molecule has 1 aromatic carbocycles. The van der Waals surface area contributed by atoms with Crippen molar-refractivity contribution in [3.63, 3.8) is 0 Å². The molecule has 2 aromatic rings. The van der Waals surface area contributed by atoms with Crippen molar-refractivity contribution in [3.05, 3.63) is 35.6 Å². The fraction of sp³-hybridized carbons (Fsp3) is 0.182. The smallest absolute Gasteiger partial charge is 0.221 e. The van der Waals surface area contributed by atoms with Crippen molar-refractivity contribution in [1.29, 1.82) is 0 Å². The molecule has 2 rings (SSSR count). The van der Waals surface area contributed by atoms with Gasteiger partial charge in [-0.25, -0.2) is 0 Å². The van der Waals surface area contributed by atoms with Gasteiger partial charge in [-0.2, -0.15) is 0 Å². The molecule has 0 fully saturated rings. The number of rotatable bonds is 2. The van der Waals surface area contributed by atoms with Gasteiger partial charge in [0.2, 0.25) is 5.91 Å². The SMILES string of the molecule is Cc1coc2ccc(CC(N)=O)cc12. The zero-order chi connectivity index (χ0) is 10.1. The van der Waals surface area contributed by atoms with Crippen molar-refractivity contribution >= 4 is 16.9 Å². The molecule has 14 heavy (non-hydrogen) atoms. The van der Waals surface area contributed by atoms with Gasteiger partial charge < -0.3 is 10.2 Å². The van der Waals surface area contributed by atoms with Gasteiger partial charge in [0.1, 0.15) is 5.58 Å². The number of carbonyl (C=O) groups is 1. The average Bonchev–Trinajstić information content (AvgIpc) is 2.47. The van der Waals surface area contributed by atoms with Crippen molar-refractivity contribution in [1.82, 2.24) is 0 Å². The zero-order valence-corrected chi connectivity index (χ0v) is 7.91. The molecule has 0 radical (unpaired) electrons. The highest BCUT2D eigenvalue weighted by Gasteiger charge is 2.04. The summed E-state index contributed by atoms with van der Waals surface area (Å²) >= 11 is 0. The number of benzene rings is 1. The lowest BCUT2D eigenvalue weighted by atomic mass is 10.1. The molecule has 0 aliphatic rings. The Morgan fingerprint density at radius 3 is 3.00 bits per heavy atom. The second-order valence-electron chi connectivity index (χ2n) is 3.39. The second-order valence-corrected chi connectivity index (χ2v) is 3.39. The number of fused-ring (bicyclic) bond motifs is 1. The van der Waals surface area contributed by atoms with Crippen molar-refractivity contribution in [2.75, 3.05) is 0 Å². The topological polar surface area (TPSA) is 56.2 Å². The summed E-state index contributed by atoms with van der Waals surface area (Å²) in [4.78, 5) is 10.7. The third-order valence-corrected chi connectivity index (χ3v) is 2.21. The predicted molar refractivity (Wildman–Crippen MR) is 53.8 cm³/mol. The molecular weight excluding hydrogens is 178 g/mol. The van der Waals surface area contributed by atoms with Gasteiger partial charge in [-0.15, -0.1) is 0 Å². The summed E-state index contributed by atoms with van der Waals surface area (Å²) in [6.45, 7) is 1.97. The van der Waals surface area contributed by atoms with Crippen LogP contribution in [0.25, 0.3) is 11.0 Å². The summed E-state index contributed by atoms with van der Waals surface area (Å²) in [7, 11) is 0.